The van der Waals surface area contributed by atoms with Crippen LogP contribution in [0.15, 0.2) is 89.3 Å². The van der Waals surface area contributed by atoms with E-state index in [1.807, 2.05) is 77.7 Å². The molecule has 1 aliphatic rings. The van der Waals surface area contributed by atoms with Crippen molar-refractivity contribution >= 4 is 28.5 Å². The van der Waals surface area contributed by atoms with Crippen molar-refractivity contribution in [2.75, 3.05) is 31.5 Å². The van der Waals surface area contributed by atoms with Gasteiger partial charge in [-0.2, -0.15) is 0 Å². The first-order valence-electron chi connectivity index (χ1n) is 11.6. The minimum atomic E-state index is -0.189. The molecule has 2 heterocycles. The van der Waals surface area contributed by atoms with Crippen molar-refractivity contribution in [3.63, 3.8) is 0 Å². The molecular formula is C28H27N3O3. The van der Waals surface area contributed by atoms with Crippen LogP contribution in [0.2, 0.25) is 0 Å². The largest absolute Gasteiger partial charge is 0.449 e. The maximum absolute atomic E-state index is 13.5. The summed E-state index contributed by atoms with van der Waals surface area (Å²) in [6, 6.07) is 27.3. The van der Waals surface area contributed by atoms with Crippen molar-refractivity contribution in [2.45, 2.75) is 13.0 Å². The van der Waals surface area contributed by atoms with Gasteiger partial charge in [0.15, 0.2) is 0 Å². The van der Waals surface area contributed by atoms with Crippen LogP contribution in [0.25, 0.3) is 11.0 Å². The van der Waals surface area contributed by atoms with E-state index in [2.05, 4.69) is 22.3 Å². The number of piperazine rings is 1. The minimum absolute atomic E-state index is 0.181. The molecule has 4 aromatic rings. The summed E-state index contributed by atoms with van der Waals surface area (Å²) in [7, 11) is 0. The summed E-state index contributed by atoms with van der Waals surface area (Å²) in [5.74, 6) is -0.177. The number of para-hydroxylation sites is 1. The fraction of sp³-hybridized carbons (Fsp3) is 0.214. The topological polar surface area (TPSA) is 65.8 Å². The van der Waals surface area contributed by atoms with E-state index in [0.29, 0.717) is 24.4 Å². The average molecular weight is 454 g/mol. The number of carbonyl (C=O) groups is 2. The summed E-state index contributed by atoms with van der Waals surface area (Å²) >= 11 is 0. The Labute approximate surface area is 198 Å². The van der Waals surface area contributed by atoms with Gasteiger partial charge in [0.2, 0.25) is 11.7 Å². The molecule has 1 aromatic heterocycles. The first kappa shape index (κ1) is 21.9. The van der Waals surface area contributed by atoms with Gasteiger partial charge in [-0.15, -0.1) is 0 Å². The highest BCUT2D eigenvalue weighted by Crippen LogP contribution is 2.32. The molecular weight excluding hydrogens is 426 g/mol. The average Bonchev–Trinajstić information content (AvgIpc) is 3.23. The van der Waals surface area contributed by atoms with Crippen molar-refractivity contribution in [3.05, 3.63) is 102 Å². The van der Waals surface area contributed by atoms with Crippen molar-refractivity contribution in [3.8, 4) is 0 Å². The molecule has 1 aliphatic heterocycles. The molecule has 5 rings (SSSR count). The molecule has 6 heteroatoms. The monoisotopic (exact) mass is 453 g/mol. The third-order valence-corrected chi connectivity index (χ3v) is 6.17. The Balaban J connectivity index is 1.31. The zero-order chi connectivity index (χ0) is 23.3. The van der Waals surface area contributed by atoms with Gasteiger partial charge in [0, 0.05) is 38.1 Å². The second-order valence-electron chi connectivity index (χ2n) is 8.57. The van der Waals surface area contributed by atoms with E-state index in [0.717, 1.165) is 30.6 Å². The fourth-order valence-electron chi connectivity index (χ4n) is 4.38. The lowest BCUT2D eigenvalue weighted by atomic mass is 10.1. The van der Waals surface area contributed by atoms with E-state index >= 15 is 0 Å². The summed E-state index contributed by atoms with van der Waals surface area (Å²) in [5, 5.41) is 3.68. The molecule has 172 valence electrons. The number of nitrogens with one attached hydrogen (secondary N) is 1. The molecule has 3 aromatic carbocycles. The van der Waals surface area contributed by atoms with Gasteiger partial charge in [-0.05, 0) is 23.3 Å². The number of hydrogen-bond acceptors (Lipinski definition) is 4. The molecule has 1 saturated heterocycles. The first-order valence-corrected chi connectivity index (χ1v) is 11.6. The molecule has 0 atom stereocenters. The van der Waals surface area contributed by atoms with Gasteiger partial charge in [0.1, 0.15) is 11.3 Å². The van der Waals surface area contributed by atoms with Gasteiger partial charge in [-0.25, -0.2) is 0 Å². The number of carbonyl (C=O) groups excluding carboxylic acids is 2. The fourth-order valence-corrected chi connectivity index (χ4v) is 4.38. The SMILES string of the molecule is O=C(Cc1ccccc1)Nc1c(C(=O)N2CCN(Cc3ccccc3)CC2)oc2ccccc12. The Bertz CT molecular complexity index is 1280. The molecule has 0 aliphatic carbocycles. The zero-order valence-electron chi connectivity index (χ0n) is 18.9. The number of nitrogens with zero attached hydrogens (tertiary/aromatic N) is 2. The maximum Gasteiger partial charge on any atom is 0.291 e. The first-order chi connectivity index (χ1) is 16.7. The highest BCUT2D eigenvalue weighted by Gasteiger charge is 2.29. The number of hydrogen-bond donors (Lipinski definition) is 1. The summed E-state index contributed by atoms with van der Waals surface area (Å²) < 4.78 is 5.97. The lowest BCUT2D eigenvalue weighted by Gasteiger charge is -2.34. The molecule has 0 radical (unpaired) electrons. The van der Waals surface area contributed by atoms with E-state index in [1.165, 1.54) is 5.56 Å². The van der Waals surface area contributed by atoms with Gasteiger partial charge in [0.05, 0.1) is 6.42 Å². The number of benzene rings is 3. The molecule has 0 unspecified atom stereocenters. The number of furan rings is 1. The summed E-state index contributed by atoms with van der Waals surface area (Å²) in [6.07, 6.45) is 0.228. The third-order valence-electron chi connectivity index (χ3n) is 6.17. The van der Waals surface area contributed by atoms with Gasteiger partial charge in [-0.3, -0.25) is 14.5 Å². The van der Waals surface area contributed by atoms with Crippen LogP contribution >= 0.6 is 0 Å². The third kappa shape index (κ3) is 4.87. The van der Waals surface area contributed by atoms with Crippen molar-refractivity contribution in [1.29, 1.82) is 0 Å². The van der Waals surface area contributed by atoms with Crippen LogP contribution in [0.3, 0.4) is 0 Å². The van der Waals surface area contributed by atoms with E-state index < -0.39 is 0 Å². The van der Waals surface area contributed by atoms with E-state index in [4.69, 9.17) is 4.42 Å². The van der Waals surface area contributed by atoms with Crippen LogP contribution in [0.4, 0.5) is 5.69 Å². The van der Waals surface area contributed by atoms with Crippen LogP contribution in [-0.4, -0.2) is 47.8 Å². The van der Waals surface area contributed by atoms with Crippen molar-refractivity contribution in [2.24, 2.45) is 0 Å². The summed E-state index contributed by atoms with van der Waals surface area (Å²) in [4.78, 5) is 30.4. The van der Waals surface area contributed by atoms with Gasteiger partial charge in [-0.1, -0.05) is 72.8 Å². The van der Waals surface area contributed by atoms with Crippen LogP contribution in [0.5, 0.6) is 0 Å². The zero-order valence-corrected chi connectivity index (χ0v) is 18.9. The van der Waals surface area contributed by atoms with Crippen molar-refractivity contribution < 1.29 is 14.0 Å². The standard InChI is InChI=1S/C28H27N3O3/c32-25(19-21-9-3-1-4-10-21)29-26-23-13-7-8-14-24(23)34-27(26)28(33)31-17-15-30(16-18-31)20-22-11-5-2-6-12-22/h1-14H,15-20H2,(H,29,32). The predicted octanol–water partition coefficient (Wildman–Crippen LogP) is 4.57. The normalized spacial score (nSPS) is 14.3. The smallest absolute Gasteiger partial charge is 0.291 e. The van der Waals surface area contributed by atoms with Gasteiger partial charge < -0.3 is 14.6 Å². The Morgan fingerprint density at radius 3 is 2.09 bits per heavy atom. The lowest BCUT2D eigenvalue weighted by Crippen LogP contribution is -2.48. The highest BCUT2D eigenvalue weighted by molar-refractivity contribution is 6.11. The molecule has 1 N–H and O–H groups in total. The Hall–Kier alpha value is -3.90. The lowest BCUT2D eigenvalue weighted by molar-refractivity contribution is -0.115. The van der Waals surface area contributed by atoms with Crippen LogP contribution in [0, 0.1) is 0 Å². The van der Waals surface area contributed by atoms with Crippen LogP contribution in [0.1, 0.15) is 21.7 Å². The molecule has 1 fully saturated rings. The second-order valence-corrected chi connectivity index (χ2v) is 8.57. The summed E-state index contributed by atoms with van der Waals surface area (Å²) in [6.45, 7) is 3.67. The highest BCUT2D eigenvalue weighted by atomic mass is 16.3. The van der Waals surface area contributed by atoms with Gasteiger partial charge >= 0.3 is 0 Å². The molecule has 0 spiro atoms. The predicted molar refractivity (Wildman–Crippen MR) is 133 cm³/mol. The van der Waals surface area contributed by atoms with Crippen LogP contribution < -0.4 is 5.32 Å². The molecule has 34 heavy (non-hydrogen) atoms. The van der Waals surface area contributed by atoms with Crippen molar-refractivity contribution in [1.82, 2.24) is 9.80 Å². The Morgan fingerprint density at radius 2 is 1.38 bits per heavy atom. The number of amides is 2. The molecule has 2 amide bonds. The van der Waals surface area contributed by atoms with Gasteiger partial charge in [0.25, 0.3) is 5.91 Å². The molecule has 0 bridgehead atoms. The molecule has 6 nitrogen and oxygen atoms in total. The number of rotatable bonds is 6. The van der Waals surface area contributed by atoms with E-state index in [-0.39, 0.29) is 24.0 Å². The quantitative estimate of drug-likeness (QED) is 0.464. The Kier molecular flexibility index (Phi) is 6.40. The second kappa shape index (κ2) is 9.93. The Morgan fingerprint density at radius 1 is 0.765 bits per heavy atom. The van der Waals surface area contributed by atoms with E-state index in [1.54, 1.807) is 0 Å². The maximum atomic E-state index is 13.5. The van der Waals surface area contributed by atoms with Crippen LogP contribution in [-0.2, 0) is 17.8 Å². The van der Waals surface area contributed by atoms with E-state index in [9.17, 15) is 9.59 Å². The molecule has 0 saturated carbocycles. The number of fused-ring (bicyclic) bond motifs is 1. The summed E-state index contributed by atoms with van der Waals surface area (Å²) in [5.41, 5.74) is 3.22. The minimum Gasteiger partial charge on any atom is -0.449 e. The number of anilines is 1.